The summed E-state index contributed by atoms with van der Waals surface area (Å²) in [4.78, 5) is 1.75. The van der Waals surface area contributed by atoms with Gasteiger partial charge in [-0.3, -0.25) is 0 Å². The van der Waals surface area contributed by atoms with Gasteiger partial charge < -0.3 is 5.48 Å². The summed E-state index contributed by atoms with van der Waals surface area (Å²) in [5, 5.41) is 0. The van der Waals surface area contributed by atoms with Gasteiger partial charge in [0.2, 0.25) is 0 Å². The molecule has 40 valence electrons. The molecule has 0 spiro atoms. The molecule has 0 aliphatic rings. The molecule has 0 radical (unpaired) electrons. The average molecular weight is 173 g/mol. The maximum Gasteiger partial charge on any atom is 0 e. The molecule has 0 aromatic heterocycles. The minimum Gasteiger partial charge on any atom is -0.412 e. The van der Waals surface area contributed by atoms with Gasteiger partial charge in [-0.05, 0) is 10.4 Å². The molecule has 6 heteroatoms. The van der Waals surface area contributed by atoms with Gasteiger partial charge in [0.05, 0.1) is 0 Å². The monoisotopic (exact) mass is 173 g/mol. The van der Waals surface area contributed by atoms with Gasteiger partial charge in [0.1, 0.15) is 0 Å². The smallest absolute Gasteiger partial charge is 0 e. The molecule has 0 heterocycles. The number of hydrogen-bond acceptors (Lipinski definition) is 1. The molecule has 0 aromatic rings. The summed E-state index contributed by atoms with van der Waals surface area (Å²) in [6, 6.07) is 0. The summed E-state index contributed by atoms with van der Waals surface area (Å²) in [7, 11) is 0. The average Bonchev–Trinajstić information content (AvgIpc) is 0.918. The van der Waals surface area contributed by atoms with E-state index < -0.39 is 0 Å². The molecule has 4 nitrogen and oxygen atoms in total. The second kappa shape index (κ2) is 57.5. The third kappa shape index (κ3) is 494. The predicted molar refractivity (Wildman–Crippen MR) is 13.1 cm³/mol. The molecular formula is H3Fe2N3O. The molecule has 0 aromatic carbocycles. The Morgan fingerprint density at radius 1 is 1.33 bits per heavy atom. The van der Waals surface area contributed by atoms with E-state index in [1.165, 1.54) is 0 Å². The van der Waals surface area contributed by atoms with Gasteiger partial charge in [-0.15, -0.1) is 5.53 Å². The van der Waals surface area contributed by atoms with Crippen molar-refractivity contribution in [2.45, 2.75) is 0 Å². The molecule has 0 aliphatic heterocycles. The van der Waals surface area contributed by atoms with Crippen molar-refractivity contribution < 1.29 is 39.6 Å². The molecule has 0 saturated carbocycles. The fourth-order valence-electron chi connectivity index (χ4n) is 0. The van der Waals surface area contributed by atoms with Crippen LogP contribution in [0.5, 0.6) is 0 Å². The molecule has 0 unspecified atom stereocenters. The van der Waals surface area contributed by atoms with E-state index in [0.29, 0.717) is 0 Å². The summed E-state index contributed by atoms with van der Waals surface area (Å²) >= 11 is 0. The van der Waals surface area contributed by atoms with Crippen molar-refractivity contribution in [1.82, 2.24) is 0 Å². The second-order valence-electron chi connectivity index (χ2n) is 0.100. The van der Waals surface area contributed by atoms with Crippen LogP contribution in [0.1, 0.15) is 0 Å². The summed E-state index contributed by atoms with van der Waals surface area (Å²) < 4.78 is 0. The Bertz CT molecular complexity index is 29.8. The van der Waals surface area contributed by atoms with Crippen molar-refractivity contribution in [2.75, 3.05) is 0 Å². The second-order valence-corrected chi connectivity index (χ2v) is 0.100. The van der Waals surface area contributed by atoms with Crippen LogP contribution in [0.15, 0.2) is 0 Å². The zero-order valence-corrected chi connectivity index (χ0v) is 4.81. The van der Waals surface area contributed by atoms with Crippen LogP contribution in [-0.4, -0.2) is 5.48 Å². The molecule has 0 amide bonds. The van der Waals surface area contributed by atoms with E-state index in [1.807, 2.05) is 0 Å². The van der Waals surface area contributed by atoms with Crippen LogP contribution in [-0.2, 0) is 34.1 Å². The zero-order valence-electron chi connectivity index (χ0n) is 2.60. The van der Waals surface area contributed by atoms with Gasteiger partial charge >= 0.3 is 0 Å². The normalized spacial score (nSPS) is 1.33. The van der Waals surface area contributed by atoms with Crippen LogP contribution in [0.2, 0.25) is 0 Å². The quantitative estimate of drug-likeness (QED) is 0.232. The van der Waals surface area contributed by atoms with E-state index >= 15 is 0 Å². The van der Waals surface area contributed by atoms with E-state index in [2.05, 4.69) is 0 Å². The molecule has 0 rings (SSSR count). The number of nitrogens with one attached hydrogen (secondary N) is 1. The summed E-state index contributed by atoms with van der Waals surface area (Å²) in [6.07, 6.45) is 0. The van der Waals surface area contributed by atoms with Crippen LogP contribution in [0.25, 0.3) is 10.4 Å². The van der Waals surface area contributed by atoms with Crippen molar-refractivity contribution in [3.8, 4) is 0 Å². The number of rotatable bonds is 0. The van der Waals surface area contributed by atoms with Crippen molar-refractivity contribution >= 4 is 0 Å². The standard InChI is InChI=1S/2Fe.HN3.H2O/c;;1-3-2;/h;;1H;1H2. The fraction of sp³-hybridized carbons (Fsp3) is 0. The first-order valence-corrected chi connectivity index (χ1v) is 0.424. The van der Waals surface area contributed by atoms with Crippen molar-refractivity contribution in [3.63, 3.8) is 0 Å². The van der Waals surface area contributed by atoms with E-state index in [0.717, 1.165) is 0 Å². The zero-order chi connectivity index (χ0) is 2.71. The fourth-order valence-corrected chi connectivity index (χ4v) is 0. The van der Waals surface area contributed by atoms with Crippen molar-refractivity contribution in [2.24, 2.45) is 0 Å². The Kier molecular flexibility index (Phi) is 320. The Morgan fingerprint density at radius 3 is 1.33 bits per heavy atom. The molecule has 0 aliphatic carbocycles. The van der Waals surface area contributed by atoms with Crippen LogP contribution in [0.3, 0.4) is 0 Å². The van der Waals surface area contributed by atoms with E-state index in [1.54, 1.807) is 4.91 Å². The van der Waals surface area contributed by atoms with Gasteiger partial charge in [-0.1, -0.05) is 0 Å². The van der Waals surface area contributed by atoms with Gasteiger partial charge in [-0.2, -0.15) is 0 Å². The van der Waals surface area contributed by atoms with Crippen LogP contribution >= 0.6 is 0 Å². The summed E-state index contributed by atoms with van der Waals surface area (Å²) in [5.74, 6) is 0. The number of nitrogens with zero attached hydrogens (tertiary/aromatic N) is 2. The van der Waals surface area contributed by atoms with Crippen LogP contribution in [0, 0.1) is 5.53 Å². The predicted octanol–water partition coefficient (Wildman–Crippen LogP) is 0.0458. The van der Waals surface area contributed by atoms with Gasteiger partial charge in [0, 0.05) is 34.1 Å². The first-order chi connectivity index (χ1) is 1.41. The van der Waals surface area contributed by atoms with Crippen molar-refractivity contribution in [3.05, 3.63) is 10.4 Å². The maximum atomic E-state index is 6.86. The summed E-state index contributed by atoms with van der Waals surface area (Å²) in [6.45, 7) is 0. The molecule has 0 atom stereocenters. The molecular weight excluding hydrogens is 170 g/mol. The molecule has 0 bridgehead atoms. The summed E-state index contributed by atoms with van der Waals surface area (Å²) in [5.41, 5.74) is 12.2. The SMILES string of the molecule is O.[Fe].[Fe].[N-]=[N+]=N. The largest absolute Gasteiger partial charge is 0.412 e. The Hall–Kier alpha value is 0.309. The Balaban J connectivity index is -0.00000000667. The minimum atomic E-state index is 0. The van der Waals surface area contributed by atoms with Gasteiger partial charge in [0.15, 0.2) is 0 Å². The van der Waals surface area contributed by atoms with E-state index in [4.69, 9.17) is 11.1 Å². The minimum absolute atomic E-state index is 0. The van der Waals surface area contributed by atoms with E-state index in [-0.39, 0.29) is 39.6 Å². The maximum absolute atomic E-state index is 6.86. The molecule has 3 N–H and O–H groups in total. The first-order valence-electron chi connectivity index (χ1n) is 0.424. The van der Waals surface area contributed by atoms with Crippen LogP contribution in [0.4, 0.5) is 0 Å². The third-order valence-corrected chi connectivity index (χ3v) is 0. The van der Waals surface area contributed by atoms with E-state index in [9.17, 15) is 0 Å². The van der Waals surface area contributed by atoms with Crippen LogP contribution < -0.4 is 0 Å². The molecule has 0 saturated heterocycles. The number of hydrogen-bond donors (Lipinski definition) is 1. The topological polar surface area (TPSA) is 91.8 Å². The Morgan fingerprint density at radius 2 is 1.33 bits per heavy atom. The first kappa shape index (κ1) is 33.4. The van der Waals surface area contributed by atoms with Gasteiger partial charge in [0.25, 0.3) is 0 Å². The third-order valence-electron chi connectivity index (χ3n) is 0. The Labute approximate surface area is 56.0 Å². The van der Waals surface area contributed by atoms with Crippen molar-refractivity contribution in [1.29, 1.82) is 5.53 Å². The molecule has 0 fully saturated rings. The molecule has 6 heavy (non-hydrogen) atoms. The van der Waals surface area contributed by atoms with Gasteiger partial charge in [-0.25, -0.2) is 0 Å².